The monoisotopic (exact) mass is 494 g/mol. The van der Waals surface area contributed by atoms with Gasteiger partial charge in [-0.05, 0) is 53.3 Å². The van der Waals surface area contributed by atoms with Crippen molar-refractivity contribution >= 4 is 15.9 Å². The van der Waals surface area contributed by atoms with Crippen LogP contribution in [0.5, 0.6) is 5.75 Å². The zero-order valence-corrected chi connectivity index (χ0v) is 22.1. The normalized spacial score (nSPS) is 21.0. The molecule has 0 bridgehead atoms. The fourth-order valence-corrected chi connectivity index (χ4v) is 5.41. The Bertz CT molecular complexity index is 1020. The van der Waals surface area contributed by atoms with Crippen molar-refractivity contribution in [3.63, 3.8) is 0 Å². The molecule has 0 saturated heterocycles. The Morgan fingerprint density at radius 1 is 1.24 bits per heavy atom. The summed E-state index contributed by atoms with van der Waals surface area (Å²) in [5.41, 5.74) is 0.640. The van der Waals surface area contributed by atoms with Crippen LogP contribution in [0.4, 0.5) is 0 Å². The molecule has 1 N–H and O–H groups in total. The summed E-state index contributed by atoms with van der Waals surface area (Å²) in [4.78, 5) is 17.9. The van der Waals surface area contributed by atoms with E-state index in [1.54, 1.807) is 35.9 Å². The number of carbonyl (C=O) groups excluding carboxylic acids is 1. The smallest absolute Gasteiger partial charge is 0.247 e. The van der Waals surface area contributed by atoms with E-state index in [1.165, 1.54) is 10.4 Å². The Morgan fingerprint density at radius 2 is 1.91 bits per heavy atom. The quantitative estimate of drug-likeness (QED) is 0.548. The van der Waals surface area contributed by atoms with Gasteiger partial charge in [0.2, 0.25) is 15.9 Å². The molecule has 1 heterocycles. The number of hydrogen-bond donors (Lipinski definition) is 1. The number of carbonyl (C=O) groups is 1. The zero-order chi connectivity index (χ0) is 25.6. The lowest BCUT2D eigenvalue weighted by Crippen LogP contribution is -2.50. The summed E-state index contributed by atoms with van der Waals surface area (Å²) in [5, 5.41) is 9.75. The van der Waals surface area contributed by atoms with E-state index in [2.05, 4.69) is 11.8 Å². The molecule has 0 spiro atoms. The number of aliphatic hydroxyl groups is 1. The highest BCUT2D eigenvalue weighted by Gasteiger charge is 2.38. The Morgan fingerprint density at radius 3 is 2.50 bits per heavy atom. The predicted molar refractivity (Wildman–Crippen MR) is 132 cm³/mol. The molecule has 0 aliphatic carbocycles. The molecular weight excluding hydrogens is 456 g/mol. The van der Waals surface area contributed by atoms with Crippen molar-refractivity contribution in [2.24, 2.45) is 5.92 Å². The molecule has 1 aliphatic rings. The van der Waals surface area contributed by atoms with Crippen LogP contribution < -0.4 is 4.74 Å². The second kappa shape index (κ2) is 12.0. The second-order valence-corrected chi connectivity index (χ2v) is 11.3. The van der Waals surface area contributed by atoms with Crippen LogP contribution in [-0.2, 0) is 14.8 Å². The Hall–Kier alpha value is -2.16. The summed E-state index contributed by atoms with van der Waals surface area (Å²) >= 11 is 0. The minimum Gasteiger partial charge on any atom is -0.487 e. The van der Waals surface area contributed by atoms with Crippen LogP contribution >= 0.6 is 0 Å². The summed E-state index contributed by atoms with van der Waals surface area (Å²) < 4.78 is 34.6. The molecule has 3 atom stereocenters. The highest BCUT2D eigenvalue weighted by molar-refractivity contribution is 7.89. The van der Waals surface area contributed by atoms with Gasteiger partial charge in [-0.1, -0.05) is 18.8 Å². The standard InChI is InChI=1S/C24H38N4O5S/c1-18-14-28(19(2)17-29)34(31,32)23-11-10-20(9-8-12-25(3)4)13-21(23)33-22(18)15-27(7)24(30)16-26(5)6/h10-11,13,18-19,22,29H,12,14-17H2,1-7H3/t18-,19+,22-/m0/s1. The molecule has 1 amide bonds. The van der Waals surface area contributed by atoms with Crippen molar-refractivity contribution < 1.29 is 23.1 Å². The first kappa shape index (κ1) is 28.1. The van der Waals surface area contributed by atoms with Gasteiger partial charge in [-0.3, -0.25) is 9.69 Å². The van der Waals surface area contributed by atoms with Crippen LogP contribution in [0.15, 0.2) is 23.1 Å². The van der Waals surface area contributed by atoms with E-state index in [-0.39, 0.29) is 42.2 Å². The van der Waals surface area contributed by atoms with E-state index in [0.717, 1.165) is 0 Å². The fraction of sp³-hybridized carbons (Fsp3) is 0.625. The van der Waals surface area contributed by atoms with Gasteiger partial charge >= 0.3 is 0 Å². The number of amides is 1. The largest absolute Gasteiger partial charge is 0.487 e. The number of sulfonamides is 1. The third-order valence-corrected chi connectivity index (χ3v) is 7.65. The number of likely N-dealkylation sites (N-methyl/N-ethyl adjacent to an activating group) is 2. The van der Waals surface area contributed by atoms with Crippen LogP contribution in [0.1, 0.15) is 19.4 Å². The highest BCUT2D eigenvalue weighted by Crippen LogP contribution is 2.34. The average molecular weight is 495 g/mol. The van der Waals surface area contributed by atoms with Gasteiger partial charge in [0.25, 0.3) is 0 Å². The maximum atomic E-state index is 13.5. The first-order chi connectivity index (χ1) is 15.9. The number of aliphatic hydroxyl groups excluding tert-OH is 1. The molecular formula is C24H38N4O5S. The number of fused-ring (bicyclic) bond motifs is 1. The number of nitrogens with zero attached hydrogens (tertiary/aromatic N) is 4. The SMILES string of the molecule is C[C@H](CO)N1C[C@H](C)[C@H](CN(C)C(=O)CN(C)C)Oc2cc(C#CCN(C)C)ccc2S1(=O)=O. The van der Waals surface area contributed by atoms with E-state index < -0.39 is 22.2 Å². The third-order valence-electron chi connectivity index (χ3n) is 5.63. The first-order valence-electron chi connectivity index (χ1n) is 11.3. The van der Waals surface area contributed by atoms with Crippen molar-refractivity contribution in [2.75, 3.05) is 68.0 Å². The highest BCUT2D eigenvalue weighted by atomic mass is 32.2. The topological polar surface area (TPSA) is 93.6 Å². The van der Waals surface area contributed by atoms with Gasteiger partial charge in [0.15, 0.2) is 0 Å². The molecule has 0 aromatic heterocycles. The fourth-order valence-electron chi connectivity index (χ4n) is 3.58. The van der Waals surface area contributed by atoms with Crippen molar-refractivity contribution in [3.05, 3.63) is 23.8 Å². The zero-order valence-electron chi connectivity index (χ0n) is 21.3. The van der Waals surface area contributed by atoms with Gasteiger partial charge < -0.3 is 19.6 Å². The molecule has 1 aliphatic heterocycles. The number of ether oxygens (including phenoxy) is 1. The molecule has 190 valence electrons. The van der Waals surface area contributed by atoms with Crippen LogP contribution in [0.25, 0.3) is 0 Å². The van der Waals surface area contributed by atoms with Crippen molar-refractivity contribution in [3.8, 4) is 17.6 Å². The molecule has 0 unspecified atom stereocenters. The van der Waals surface area contributed by atoms with Crippen molar-refractivity contribution in [1.82, 2.24) is 19.0 Å². The van der Waals surface area contributed by atoms with Crippen molar-refractivity contribution in [1.29, 1.82) is 0 Å². The van der Waals surface area contributed by atoms with E-state index in [1.807, 2.05) is 40.0 Å². The summed E-state index contributed by atoms with van der Waals surface area (Å²) in [7, 11) is 5.29. The molecule has 34 heavy (non-hydrogen) atoms. The lowest BCUT2D eigenvalue weighted by atomic mass is 10.0. The van der Waals surface area contributed by atoms with Crippen molar-refractivity contribution in [2.45, 2.75) is 30.9 Å². The second-order valence-electron chi connectivity index (χ2n) is 9.45. The van der Waals surface area contributed by atoms with Gasteiger partial charge in [0.05, 0.1) is 26.2 Å². The molecule has 0 fully saturated rings. The summed E-state index contributed by atoms with van der Waals surface area (Å²) in [5.74, 6) is 6.01. The number of benzene rings is 1. The van der Waals surface area contributed by atoms with E-state index in [4.69, 9.17) is 4.74 Å². The Kier molecular flexibility index (Phi) is 9.91. The maximum Gasteiger partial charge on any atom is 0.247 e. The predicted octanol–water partition coefficient (Wildman–Crippen LogP) is 0.388. The number of rotatable bonds is 7. The lowest BCUT2D eigenvalue weighted by Gasteiger charge is -2.37. The first-order valence-corrected chi connectivity index (χ1v) is 12.8. The van der Waals surface area contributed by atoms with E-state index in [0.29, 0.717) is 18.7 Å². The minimum absolute atomic E-state index is 0.0325. The molecule has 10 heteroatoms. The van der Waals surface area contributed by atoms with Crippen LogP contribution in [-0.4, -0.2) is 119 Å². The van der Waals surface area contributed by atoms with Gasteiger partial charge in [-0.25, -0.2) is 8.42 Å². The minimum atomic E-state index is -3.92. The van der Waals surface area contributed by atoms with Crippen LogP contribution in [0.2, 0.25) is 0 Å². The summed E-state index contributed by atoms with van der Waals surface area (Å²) in [6.45, 7) is 4.56. The maximum absolute atomic E-state index is 13.5. The molecule has 9 nitrogen and oxygen atoms in total. The van der Waals surface area contributed by atoms with Crippen LogP contribution in [0, 0.1) is 17.8 Å². The lowest BCUT2D eigenvalue weighted by molar-refractivity contribution is -0.132. The Labute approximate surface area is 204 Å². The van der Waals surface area contributed by atoms with Gasteiger partial charge in [-0.2, -0.15) is 4.31 Å². The summed E-state index contributed by atoms with van der Waals surface area (Å²) in [6, 6.07) is 4.21. The molecule has 1 aromatic rings. The van der Waals surface area contributed by atoms with Gasteiger partial charge in [0.1, 0.15) is 16.7 Å². The van der Waals surface area contributed by atoms with E-state index >= 15 is 0 Å². The third kappa shape index (κ3) is 7.17. The Balaban J connectivity index is 2.50. The molecule has 2 rings (SSSR count). The van der Waals surface area contributed by atoms with E-state index in [9.17, 15) is 18.3 Å². The van der Waals surface area contributed by atoms with Crippen LogP contribution in [0.3, 0.4) is 0 Å². The molecule has 0 saturated carbocycles. The van der Waals surface area contributed by atoms with Gasteiger partial charge in [0, 0.05) is 31.1 Å². The molecule has 0 radical (unpaired) electrons. The summed E-state index contributed by atoms with van der Waals surface area (Å²) in [6.07, 6.45) is -0.455. The number of hydrogen-bond acceptors (Lipinski definition) is 7. The van der Waals surface area contributed by atoms with Gasteiger partial charge in [-0.15, -0.1) is 0 Å². The average Bonchev–Trinajstić information content (AvgIpc) is 2.74. The molecule has 1 aromatic carbocycles.